The summed E-state index contributed by atoms with van der Waals surface area (Å²) < 4.78 is 0. The normalized spacial score (nSPS) is 11.7. The predicted molar refractivity (Wildman–Crippen MR) is 622 cm³/mol. The van der Waals surface area contributed by atoms with Crippen LogP contribution in [-0.4, -0.2) is 15.0 Å². The fraction of sp³-hybridized carbons (Fsp3) is 0.326. The SMILES string of the molecule is C=C.C=CCCCCCC.CC(C)c1ccccc1C([N-]c1c(C(C)C)cccc1C(C)C)c1cccc(-c2[c-]ccc3ccccc23)n1.[CH2-]C(CCCCCC)c1ccc2ccccc2c1-c1cccc(C([N-]c2c(C(C)C)cccc2C(C)C)c2ccccc2C(C)C)n1.[CH2-]Cc1ccc2ccccc2c1-c1cccc(C([N-]c2c(C(C)C)cccc2C(C)C)c2ccccc2C(C)C)n1.[CH3-].[CH3-].[CH3-].[CH3-].[Hf+4].[Hf+4].[Hf+4]. The summed E-state index contributed by atoms with van der Waals surface area (Å²) in [6.45, 7) is 63.8. The Morgan fingerprint density at radius 2 is 0.590 bits per heavy atom. The standard InChI is InChI=1S/C45H54N2.C39H42N2.C37H38N2.C8H16.C2H4.4CH3.3Hf/c1-9-10-11-12-19-33(8)38-29-28-34-20-13-14-22-39(34)43(38)41-26-18-27-42(46-41)45(40-23-16-15-21-35(40)30(2)3)47-44-36(31(4)5)24-17-25-37(44)32(6)7;1-8-28-23-24-29-15-9-10-17-33(29)37(28)35-21-14-22-36(40-35)39(34-18-12-11-16-30(34)25(2)3)41-38-31(26(4)5)19-13-20-32(38)27(6)7;1-24(2)28-16-9-10-18-33(28)37(39-36-29(25(3)4)19-12-20-30(36)26(5)6)35-23-13-22-34(38-35)32-21-11-15-27-14-7-8-17-31(27)32;1-3-5-7-8-6-4-2;1-2;;;;;;;/h13-18,20-33,45H,8-12,19H2,1-7H3;9-27,39H,1,8H2,2-7H3;7-20,22-26,37H,1-6H3;3H,1,4-8H2,2H3;1-2H2;4*1H3;;;/q3*-2;;;4*-1;3*+4. The summed E-state index contributed by atoms with van der Waals surface area (Å²) in [4.78, 5) is 16.2. The smallest absolute Gasteiger partial charge is 0.673 e. The number of pyridine rings is 3. The summed E-state index contributed by atoms with van der Waals surface area (Å²) >= 11 is 0. The Morgan fingerprint density at radius 3 is 0.944 bits per heavy atom. The van der Waals surface area contributed by atoms with E-state index in [1.807, 2.05) is 12.1 Å². The van der Waals surface area contributed by atoms with Crippen LogP contribution in [0.5, 0.6) is 0 Å². The number of unbranched alkanes of at least 4 members (excludes halogenated alkanes) is 7. The van der Waals surface area contributed by atoms with Gasteiger partial charge in [0.2, 0.25) is 0 Å². The molecule has 4 unspecified atom stereocenters. The van der Waals surface area contributed by atoms with E-state index in [1.54, 1.807) is 0 Å². The van der Waals surface area contributed by atoms with Gasteiger partial charge in [-0.25, -0.2) is 0 Å². The minimum absolute atomic E-state index is 0. The minimum atomic E-state index is -0.242. The second-order valence-corrected chi connectivity index (χ2v) is 39.5. The van der Waals surface area contributed by atoms with Gasteiger partial charge in [-0.2, -0.15) is 6.42 Å². The zero-order valence-electron chi connectivity index (χ0n) is 91.8. The molecule has 15 rings (SSSR count). The topological polar surface area (TPSA) is 81.0 Å². The number of hydrogen-bond acceptors (Lipinski definition) is 3. The number of fused-ring (bicyclic) bond motifs is 3. The van der Waals surface area contributed by atoms with Crippen molar-refractivity contribution in [1.29, 1.82) is 0 Å². The van der Waals surface area contributed by atoms with E-state index in [9.17, 15) is 0 Å². The molecule has 0 saturated heterocycles. The number of allylic oxidation sites excluding steroid dienone is 1. The number of hydrogen-bond donors (Lipinski definition) is 0. The molecule has 12 aromatic carbocycles. The molecular formula is C135H166Hf3N6+2. The summed E-state index contributed by atoms with van der Waals surface area (Å²) in [7, 11) is 0. The van der Waals surface area contributed by atoms with E-state index < -0.39 is 0 Å². The molecule has 0 radical (unpaired) electrons. The van der Waals surface area contributed by atoms with Crippen molar-refractivity contribution in [3.05, 3.63) is 478 Å². The van der Waals surface area contributed by atoms with Crippen LogP contribution in [0.1, 0.15) is 375 Å². The Balaban J connectivity index is 0.000000421. The van der Waals surface area contributed by atoms with Gasteiger partial charge in [-0.05, 0) is 158 Å². The minimum Gasteiger partial charge on any atom is -0.673 e. The molecule has 15 aromatic rings. The maximum atomic E-state index is 5.72. The van der Waals surface area contributed by atoms with Crippen LogP contribution >= 0.6 is 0 Å². The Bertz CT molecular complexity index is 6290. The van der Waals surface area contributed by atoms with Crippen molar-refractivity contribution >= 4 is 49.4 Å². The Hall–Kier alpha value is -9.64. The van der Waals surface area contributed by atoms with Crippen molar-refractivity contribution in [1.82, 2.24) is 15.0 Å². The fourth-order valence-electron chi connectivity index (χ4n) is 19.1. The maximum absolute atomic E-state index is 5.72. The molecule has 746 valence electrons. The van der Waals surface area contributed by atoms with Crippen LogP contribution in [0.25, 0.3) is 82.0 Å². The molecule has 3 aromatic heterocycles. The first-order valence-electron chi connectivity index (χ1n) is 51.1. The van der Waals surface area contributed by atoms with E-state index in [1.165, 1.54) is 174 Å². The number of aromatic nitrogens is 3. The fourth-order valence-corrected chi connectivity index (χ4v) is 19.1. The summed E-state index contributed by atoms with van der Waals surface area (Å²) in [6, 6.07) is 107. The van der Waals surface area contributed by atoms with E-state index in [-0.39, 0.29) is 131 Å². The molecule has 0 aliphatic heterocycles. The first-order chi connectivity index (χ1) is 66.3. The molecule has 6 nitrogen and oxygen atoms in total. The van der Waals surface area contributed by atoms with Gasteiger partial charge >= 0.3 is 77.5 Å². The second-order valence-electron chi connectivity index (χ2n) is 39.5. The third-order valence-electron chi connectivity index (χ3n) is 26.5. The molecule has 0 spiro atoms. The molecule has 0 fully saturated rings. The van der Waals surface area contributed by atoms with Gasteiger partial charge < -0.3 is 64.5 Å². The van der Waals surface area contributed by atoms with Crippen LogP contribution in [-0.2, 0) is 84.0 Å². The Kier molecular flexibility index (Phi) is 55.5. The molecule has 144 heavy (non-hydrogen) atoms. The molecule has 0 aliphatic carbocycles. The monoisotopic (exact) mass is 2410 g/mol. The van der Waals surface area contributed by atoms with Gasteiger partial charge in [0.25, 0.3) is 0 Å². The molecule has 0 N–H and O–H groups in total. The summed E-state index contributed by atoms with van der Waals surface area (Å²) in [5.74, 6) is 3.49. The third kappa shape index (κ3) is 32.4. The van der Waals surface area contributed by atoms with Crippen LogP contribution in [0.3, 0.4) is 0 Å². The first kappa shape index (κ1) is 127. The molecule has 0 bridgehead atoms. The summed E-state index contributed by atoms with van der Waals surface area (Å²) in [5.41, 5.74) is 30.3. The van der Waals surface area contributed by atoms with Crippen molar-refractivity contribution in [2.45, 2.75) is 286 Å². The average molecular weight is 2410 g/mol. The Labute approximate surface area is 931 Å². The number of rotatable bonds is 36. The second kappa shape index (κ2) is 63.1. The van der Waals surface area contributed by atoms with Gasteiger partial charge in [-0.15, -0.1) is 71.9 Å². The number of benzene rings is 12. The van der Waals surface area contributed by atoms with Crippen LogP contribution < -0.4 is 0 Å². The van der Waals surface area contributed by atoms with E-state index in [0.29, 0.717) is 59.7 Å². The number of para-hydroxylation sites is 3. The summed E-state index contributed by atoms with van der Waals surface area (Å²) in [6.07, 6.45) is 15.4. The van der Waals surface area contributed by atoms with E-state index in [4.69, 9.17) is 37.8 Å². The molecule has 0 aliphatic rings. The van der Waals surface area contributed by atoms with Crippen LogP contribution in [0.15, 0.2) is 317 Å². The first-order valence-corrected chi connectivity index (χ1v) is 51.1. The maximum Gasteiger partial charge on any atom is 4.00 e. The van der Waals surface area contributed by atoms with Crippen LogP contribution in [0.2, 0.25) is 0 Å². The molecule has 4 atom stereocenters. The Morgan fingerprint density at radius 1 is 0.299 bits per heavy atom. The van der Waals surface area contributed by atoms with Gasteiger partial charge in [-0.3, -0.25) is 9.97 Å². The average Bonchev–Trinajstić information content (AvgIpc) is 0.759. The molecular weight excluding hydrogens is 2240 g/mol. The molecule has 0 amide bonds. The van der Waals surface area contributed by atoms with Crippen LogP contribution in [0, 0.1) is 49.6 Å². The van der Waals surface area contributed by atoms with Gasteiger partial charge in [0.05, 0.1) is 11.4 Å². The van der Waals surface area contributed by atoms with Gasteiger partial charge in [0.1, 0.15) is 0 Å². The zero-order valence-corrected chi connectivity index (χ0v) is 103. The van der Waals surface area contributed by atoms with Crippen molar-refractivity contribution in [3.63, 3.8) is 0 Å². The van der Waals surface area contributed by atoms with Crippen molar-refractivity contribution in [3.8, 4) is 33.8 Å². The van der Waals surface area contributed by atoms with Crippen molar-refractivity contribution < 1.29 is 77.5 Å². The molecule has 3 heterocycles. The quantitative estimate of drug-likeness (QED) is 0.0170. The third-order valence-corrected chi connectivity index (χ3v) is 26.5. The van der Waals surface area contributed by atoms with E-state index in [0.717, 1.165) is 68.6 Å². The largest absolute Gasteiger partial charge is 4.00 e. The van der Waals surface area contributed by atoms with Gasteiger partial charge in [0.15, 0.2) is 0 Å². The van der Waals surface area contributed by atoms with Crippen molar-refractivity contribution in [2.75, 3.05) is 0 Å². The van der Waals surface area contributed by atoms with Gasteiger partial charge in [0, 0.05) is 28.2 Å². The molecule has 0 saturated carbocycles. The van der Waals surface area contributed by atoms with Crippen LogP contribution in [0.4, 0.5) is 17.1 Å². The van der Waals surface area contributed by atoms with E-state index >= 15 is 0 Å². The summed E-state index contributed by atoms with van der Waals surface area (Å²) in [5, 5.41) is 24.2. The predicted octanol–water partition coefficient (Wildman–Crippen LogP) is 42.0. The number of nitrogens with zero attached hydrogens (tertiary/aromatic N) is 6. The zero-order chi connectivity index (χ0) is 98.4. The van der Waals surface area contributed by atoms with E-state index in [2.05, 4.69) is 456 Å². The van der Waals surface area contributed by atoms with Gasteiger partial charge in [-0.1, -0.05) is 511 Å². The van der Waals surface area contributed by atoms with Crippen molar-refractivity contribution in [2.24, 2.45) is 0 Å². The molecule has 9 heteroatoms.